The van der Waals surface area contributed by atoms with E-state index >= 15 is 0 Å². The molecular weight excluding hydrogens is 232 g/mol. The zero-order valence-corrected chi connectivity index (χ0v) is 13.0. The van der Waals surface area contributed by atoms with Gasteiger partial charge in [0.15, 0.2) is 5.12 Å². The fourth-order valence-corrected chi connectivity index (χ4v) is 2.41. The molecule has 0 aliphatic rings. The number of ketones is 1. The Balaban J connectivity index is 4.16. The van der Waals surface area contributed by atoms with Crippen LogP contribution in [0.5, 0.6) is 0 Å². The Morgan fingerprint density at radius 1 is 1.00 bits per heavy atom. The first kappa shape index (κ1) is 16.7. The van der Waals surface area contributed by atoms with Crippen LogP contribution in [0.4, 0.5) is 0 Å². The monoisotopic (exact) mass is 258 g/mol. The van der Waals surface area contributed by atoms with Gasteiger partial charge >= 0.3 is 0 Å². The van der Waals surface area contributed by atoms with Crippen molar-refractivity contribution in [1.29, 1.82) is 0 Å². The molecular formula is C14H26O2S. The number of hydrogen-bond donors (Lipinski definition) is 0. The molecule has 0 amide bonds. The van der Waals surface area contributed by atoms with Crippen LogP contribution in [0.2, 0.25) is 0 Å². The second-order valence-corrected chi connectivity index (χ2v) is 8.66. The SMILES string of the molecule is C[C@H](CC(=O)SC(C)(C)C)CC(=O)C(C)(C)C. The van der Waals surface area contributed by atoms with Crippen LogP contribution in [0.1, 0.15) is 61.3 Å². The number of rotatable bonds is 4. The van der Waals surface area contributed by atoms with Gasteiger partial charge in [-0.05, 0) is 5.92 Å². The van der Waals surface area contributed by atoms with E-state index in [0.717, 1.165) is 0 Å². The predicted molar refractivity (Wildman–Crippen MR) is 75.2 cm³/mol. The summed E-state index contributed by atoms with van der Waals surface area (Å²) in [5.74, 6) is 0.377. The van der Waals surface area contributed by atoms with Gasteiger partial charge in [-0.3, -0.25) is 9.59 Å². The first-order valence-electron chi connectivity index (χ1n) is 6.17. The van der Waals surface area contributed by atoms with Gasteiger partial charge in [0.05, 0.1) is 0 Å². The highest BCUT2D eigenvalue weighted by atomic mass is 32.2. The van der Waals surface area contributed by atoms with Crippen molar-refractivity contribution in [3.8, 4) is 0 Å². The molecule has 0 rings (SSSR count). The lowest BCUT2D eigenvalue weighted by Gasteiger charge is -2.21. The Morgan fingerprint density at radius 2 is 1.47 bits per heavy atom. The third kappa shape index (κ3) is 8.42. The highest BCUT2D eigenvalue weighted by molar-refractivity contribution is 8.14. The molecule has 0 aliphatic carbocycles. The van der Waals surface area contributed by atoms with Gasteiger partial charge in [0, 0.05) is 23.0 Å². The third-order valence-corrected chi connectivity index (χ3v) is 3.31. The average Bonchev–Trinajstić information content (AvgIpc) is 1.96. The zero-order valence-electron chi connectivity index (χ0n) is 12.2. The molecule has 100 valence electrons. The number of hydrogen-bond acceptors (Lipinski definition) is 3. The molecule has 2 nitrogen and oxygen atoms in total. The maximum absolute atomic E-state index is 11.8. The first-order chi connectivity index (χ1) is 7.42. The Labute approximate surface area is 110 Å². The lowest BCUT2D eigenvalue weighted by molar-refractivity contribution is -0.127. The molecule has 0 bridgehead atoms. The summed E-state index contributed by atoms with van der Waals surface area (Å²) in [7, 11) is 0. The van der Waals surface area contributed by atoms with Crippen LogP contribution in [0.3, 0.4) is 0 Å². The summed E-state index contributed by atoms with van der Waals surface area (Å²) < 4.78 is -0.0369. The standard InChI is InChI=1S/C14H26O2S/c1-10(8-11(15)13(2,3)4)9-12(16)17-14(5,6)7/h10H,8-9H2,1-7H3/t10-/m0/s1. The molecule has 0 saturated carbocycles. The number of thioether (sulfide) groups is 1. The first-order valence-corrected chi connectivity index (χ1v) is 6.98. The van der Waals surface area contributed by atoms with Gasteiger partial charge in [-0.25, -0.2) is 0 Å². The zero-order chi connectivity index (χ0) is 13.9. The van der Waals surface area contributed by atoms with Crippen LogP contribution >= 0.6 is 11.8 Å². The largest absolute Gasteiger partial charge is 0.299 e. The Kier molecular flexibility index (Phi) is 5.92. The van der Waals surface area contributed by atoms with Gasteiger partial charge in [0.2, 0.25) is 0 Å². The molecule has 1 atom stereocenters. The van der Waals surface area contributed by atoms with Crippen LogP contribution in [-0.4, -0.2) is 15.6 Å². The van der Waals surface area contributed by atoms with Crippen molar-refractivity contribution in [2.45, 2.75) is 66.1 Å². The smallest absolute Gasteiger partial charge is 0.189 e. The van der Waals surface area contributed by atoms with Crippen molar-refractivity contribution in [2.24, 2.45) is 11.3 Å². The number of Topliss-reactive ketones (excluding diaryl/α,β-unsaturated/α-hetero) is 1. The summed E-state index contributed by atoms with van der Waals surface area (Å²) in [6.45, 7) is 13.8. The summed E-state index contributed by atoms with van der Waals surface area (Å²) in [5.41, 5.74) is -0.297. The van der Waals surface area contributed by atoms with Crippen molar-refractivity contribution >= 4 is 22.7 Å². The van der Waals surface area contributed by atoms with E-state index in [0.29, 0.717) is 12.8 Å². The molecule has 0 fully saturated rings. The summed E-state index contributed by atoms with van der Waals surface area (Å²) in [5, 5.41) is 0.187. The molecule has 0 radical (unpaired) electrons. The fraction of sp³-hybridized carbons (Fsp3) is 0.857. The second kappa shape index (κ2) is 6.03. The van der Waals surface area contributed by atoms with Crippen molar-refractivity contribution in [1.82, 2.24) is 0 Å². The molecule has 0 aromatic carbocycles. The van der Waals surface area contributed by atoms with E-state index in [1.54, 1.807) is 0 Å². The topological polar surface area (TPSA) is 34.1 Å². The van der Waals surface area contributed by atoms with Crippen LogP contribution in [0, 0.1) is 11.3 Å². The van der Waals surface area contributed by atoms with Gasteiger partial charge in [0.1, 0.15) is 5.78 Å². The van der Waals surface area contributed by atoms with Gasteiger partial charge in [-0.2, -0.15) is 0 Å². The Hall–Kier alpha value is -0.310. The molecule has 0 unspecified atom stereocenters. The van der Waals surface area contributed by atoms with Crippen molar-refractivity contribution < 1.29 is 9.59 Å². The fourth-order valence-electron chi connectivity index (χ4n) is 1.36. The Morgan fingerprint density at radius 3 is 1.82 bits per heavy atom. The molecule has 0 saturated heterocycles. The summed E-state index contributed by atoms with van der Waals surface area (Å²) in [6.07, 6.45) is 0.990. The van der Waals surface area contributed by atoms with Crippen molar-refractivity contribution in [3.63, 3.8) is 0 Å². The van der Waals surface area contributed by atoms with E-state index in [-0.39, 0.29) is 27.0 Å². The maximum atomic E-state index is 11.8. The van der Waals surface area contributed by atoms with Crippen molar-refractivity contribution in [3.05, 3.63) is 0 Å². The molecule has 0 aromatic rings. The minimum absolute atomic E-state index is 0.0369. The van der Waals surface area contributed by atoms with Crippen LogP contribution < -0.4 is 0 Å². The van der Waals surface area contributed by atoms with E-state index in [9.17, 15) is 9.59 Å². The molecule has 0 spiro atoms. The maximum Gasteiger partial charge on any atom is 0.189 e. The summed E-state index contributed by atoms with van der Waals surface area (Å²) in [4.78, 5) is 23.6. The third-order valence-electron chi connectivity index (χ3n) is 2.31. The van der Waals surface area contributed by atoms with Crippen LogP contribution in [-0.2, 0) is 9.59 Å². The van der Waals surface area contributed by atoms with Crippen LogP contribution in [0.15, 0.2) is 0 Å². The summed E-state index contributed by atoms with van der Waals surface area (Å²) in [6, 6.07) is 0. The summed E-state index contributed by atoms with van der Waals surface area (Å²) >= 11 is 1.37. The quantitative estimate of drug-likeness (QED) is 0.762. The molecule has 3 heteroatoms. The lowest BCUT2D eigenvalue weighted by Crippen LogP contribution is -2.23. The van der Waals surface area contributed by atoms with E-state index in [4.69, 9.17) is 0 Å². The molecule has 17 heavy (non-hydrogen) atoms. The van der Waals surface area contributed by atoms with Gasteiger partial charge < -0.3 is 0 Å². The Bertz CT molecular complexity index is 282. The van der Waals surface area contributed by atoms with E-state index in [1.165, 1.54) is 11.8 Å². The average molecular weight is 258 g/mol. The van der Waals surface area contributed by atoms with E-state index in [2.05, 4.69) is 0 Å². The minimum atomic E-state index is -0.297. The number of carbonyl (C=O) groups excluding carboxylic acids is 2. The predicted octanol–water partition coefficient (Wildman–Crippen LogP) is 4.08. The van der Waals surface area contributed by atoms with Gasteiger partial charge in [-0.1, -0.05) is 60.2 Å². The van der Waals surface area contributed by atoms with Crippen molar-refractivity contribution in [2.75, 3.05) is 0 Å². The van der Waals surface area contributed by atoms with Crippen LogP contribution in [0.25, 0.3) is 0 Å². The van der Waals surface area contributed by atoms with E-state index < -0.39 is 0 Å². The lowest BCUT2D eigenvalue weighted by atomic mass is 9.85. The molecule has 0 aliphatic heterocycles. The molecule has 0 N–H and O–H groups in total. The second-order valence-electron chi connectivity index (χ2n) is 6.77. The van der Waals surface area contributed by atoms with E-state index in [1.807, 2.05) is 48.5 Å². The minimum Gasteiger partial charge on any atom is -0.299 e. The normalized spacial score (nSPS) is 14.5. The highest BCUT2D eigenvalue weighted by Gasteiger charge is 2.25. The van der Waals surface area contributed by atoms with Gasteiger partial charge in [-0.15, -0.1) is 0 Å². The number of carbonyl (C=O) groups is 2. The molecule has 0 aromatic heterocycles. The van der Waals surface area contributed by atoms with Gasteiger partial charge in [0.25, 0.3) is 0 Å². The highest BCUT2D eigenvalue weighted by Crippen LogP contribution is 2.28. The molecule has 0 heterocycles.